The lowest BCUT2D eigenvalue weighted by Gasteiger charge is -2.09. The lowest BCUT2D eigenvalue weighted by atomic mass is 10.2. The van der Waals surface area contributed by atoms with E-state index in [-0.39, 0.29) is 0 Å². The minimum atomic E-state index is 0.530. The summed E-state index contributed by atoms with van der Waals surface area (Å²) < 4.78 is 10.7. The van der Waals surface area contributed by atoms with Gasteiger partial charge in [0.2, 0.25) is 0 Å². The fraction of sp³-hybridized carbons (Fsp3) is 0.385. The van der Waals surface area contributed by atoms with Crippen LogP contribution in [-0.2, 0) is 11.3 Å². The molecule has 0 atom stereocenters. The van der Waals surface area contributed by atoms with Crippen LogP contribution in [0.15, 0.2) is 34.5 Å². The zero-order valence-corrected chi connectivity index (χ0v) is 11.7. The second-order valence-corrected chi connectivity index (χ2v) is 5.04. The standard InChI is InChI=1S/C13H17N3O2S/c1-17-12-4-2-10(3-5-12)8-18-7-6-11-9-19-13(14)16-15-11/h2-5H,6-9H2,1H3,(H2,14,16). The molecule has 0 saturated carbocycles. The predicted octanol–water partition coefficient (Wildman–Crippen LogP) is 2.02. The minimum Gasteiger partial charge on any atom is -0.497 e. The molecule has 0 aliphatic carbocycles. The molecule has 2 rings (SSSR count). The van der Waals surface area contributed by atoms with Crippen molar-refractivity contribution in [2.45, 2.75) is 13.0 Å². The van der Waals surface area contributed by atoms with Crippen molar-refractivity contribution in [1.82, 2.24) is 0 Å². The van der Waals surface area contributed by atoms with Crippen LogP contribution in [0, 0.1) is 0 Å². The molecular formula is C13H17N3O2S. The van der Waals surface area contributed by atoms with E-state index in [0.29, 0.717) is 18.4 Å². The highest BCUT2D eigenvalue weighted by atomic mass is 32.2. The first kappa shape index (κ1) is 13.9. The topological polar surface area (TPSA) is 69.2 Å². The normalized spacial score (nSPS) is 14.8. The Hall–Kier alpha value is -1.53. The van der Waals surface area contributed by atoms with Crippen LogP contribution in [0.2, 0.25) is 0 Å². The fourth-order valence-corrected chi connectivity index (χ4v) is 2.17. The highest BCUT2D eigenvalue weighted by Gasteiger charge is 2.07. The van der Waals surface area contributed by atoms with Gasteiger partial charge in [0.25, 0.3) is 0 Å². The van der Waals surface area contributed by atoms with Crippen molar-refractivity contribution in [3.8, 4) is 5.75 Å². The van der Waals surface area contributed by atoms with Crippen molar-refractivity contribution in [2.75, 3.05) is 19.5 Å². The molecule has 0 aromatic heterocycles. The van der Waals surface area contributed by atoms with E-state index in [0.717, 1.165) is 29.2 Å². The molecule has 1 heterocycles. The summed E-state index contributed by atoms with van der Waals surface area (Å²) in [4.78, 5) is 0. The van der Waals surface area contributed by atoms with Crippen LogP contribution in [0.3, 0.4) is 0 Å². The number of benzene rings is 1. The molecule has 0 spiro atoms. The van der Waals surface area contributed by atoms with Crippen LogP contribution >= 0.6 is 11.8 Å². The molecule has 1 aromatic rings. The number of rotatable bonds is 6. The number of nitrogens with two attached hydrogens (primary N) is 1. The number of hydrogen-bond acceptors (Lipinski definition) is 6. The van der Waals surface area contributed by atoms with Crippen molar-refractivity contribution < 1.29 is 9.47 Å². The lowest BCUT2D eigenvalue weighted by molar-refractivity contribution is 0.127. The van der Waals surface area contributed by atoms with E-state index in [4.69, 9.17) is 15.2 Å². The number of thioether (sulfide) groups is 1. The molecular weight excluding hydrogens is 262 g/mol. The maximum absolute atomic E-state index is 5.61. The van der Waals surface area contributed by atoms with Gasteiger partial charge in [0, 0.05) is 12.2 Å². The summed E-state index contributed by atoms with van der Waals surface area (Å²) in [5.41, 5.74) is 7.67. The van der Waals surface area contributed by atoms with Crippen LogP contribution in [0.4, 0.5) is 0 Å². The smallest absolute Gasteiger partial charge is 0.180 e. The first-order valence-corrected chi connectivity index (χ1v) is 6.99. The highest BCUT2D eigenvalue weighted by Crippen LogP contribution is 2.13. The lowest BCUT2D eigenvalue weighted by Crippen LogP contribution is -2.16. The summed E-state index contributed by atoms with van der Waals surface area (Å²) in [5, 5.41) is 8.41. The van der Waals surface area contributed by atoms with Gasteiger partial charge in [-0.25, -0.2) is 0 Å². The summed E-state index contributed by atoms with van der Waals surface area (Å²) in [7, 11) is 1.66. The van der Waals surface area contributed by atoms with Crippen LogP contribution in [0.1, 0.15) is 12.0 Å². The highest BCUT2D eigenvalue weighted by molar-refractivity contribution is 8.14. The van der Waals surface area contributed by atoms with Crippen LogP contribution in [0.5, 0.6) is 5.75 Å². The van der Waals surface area contributed by atoms with Crippen LogP contribution < -0.4 is 10.5 Å². The van der Waals surface area contributed by atoms with Gasteiger partial charge < -0.3 is 15.2 Å². The van der Waals surface area contributed by atoms with Crippen molar-refractivity contribution >= 4 is 22.6 Å². The van der Waals surface area contributed by atoms with E-state index in [1.807, 2.05) is 24.3 Å². The maximum Gasteiger partial charge on any atom is 0.180 e. The molecule has 1 aromatic carbocycles. The van der Waals surface area contributed by atoms with Gasteiger partial charge in [0.05, 0.1) is 26.0 Å². The van der Waals surface area contributed by atoms with Crippen LogP contribution in [-0.4, -0.2) is 30.3 Å². The number of hydrogen-bond donors (Lipinski definition) is 1. The second-order valence-electron chi connectivity index (χ2n) is 4.04. The Bertz CT molecular complexity index is 471. The maximum atomic E-state index is 5.61. The third-order valence-corrected chi connectivity index (χ3v) is 3.49. The van der Waals surface area contributed by atoms with E-state index in [2.05, 4.69) is 10.2 Å². The number of nitrogens with zero attached hydrogens (tertiary/aromatic N) is 2. The fourth-order valence-electron chi connectivity index (χ4n) is 1.56. The van der Waals surface area contributed by atoms with E-state index < -0.39 is 0 Å². The van der Waals surface area contributed by atoms with Gasteiger partial charge in [-0.2, -0.15) is 5.10 Å². The largest absolute Gasteiger partial charge is 0.497 e. The summed E-state index contributed by atoms with van der Waals surface area (Å²) in [6.45, 7) is 1.23. The number of methoxy groups -OCH3 is 1. The average Bonchev–Trinajstić information content (AvgIpc) is 2.46. The molecule has 102 valence electrons. The van der Waals surface area contributed by atoms with Crippen molar-refractivity contribution in [3.05, 3.63) is 29.8 Å². The predicted molar refractivity (Wildman–Crippen MR) is 78.8 cm³/mol. The molecule has 2 N–H and O–H groups in total. The molecule has 1 aliphatic rings. The van der Waals surface area contributed by atoms with Crippen molar-refractivity contribution in [3.63, 3.8) is 0 Å². The minimum absolute atomic E-state index is 0.530. The first-order valence-electron chi connectivity index (χ1n) is 6.00. The Morgan fingerprint density at radius 3 is 2.68 bits per heavy atom. The summed E-state index contributed by atoms with van der Waals surface area (Å²) >= 11 is 1.51. The van der Waals surface area contributed by atoms with Gasteiger partial charge >= 0.3 is 0 Å². The van der Waals surface area contributed by atoms with E-state index >= 15 is 0 Å². The summed E-state index contributed by atoms with van der Waals surface area (Å²) in [6.07, 6.45) is 0.792. The van der Waals surface area contributed by atoms with Gasteiger partial charge in [-0.1, -0.05) is 23.9 Å². The average molecular weight is 279 g/mol. The molecule has 0 bridgehead atoms. The molecule has 0 unspecified atom stereocenters. The third kappa shape index (κ3) is 4.57. The van der Waals surface area contributed by atoms with Crippen molar-refractivity contribution in [2.24, 2.45) is 15.9 Å². The Labute approximate surface area is 116 Å². The van der Waals surface area contributed by atoms with Gasteiger partial charge in [-0.3, -0.25) is 0 Å². The Balaban J connectivity index is 1.69. The monoisotopic (exact) mass is 279 g/mol. The van der Waals surface area contributed by atoms with Gasteiger partial charge in [-0.15, -0.1) is 5.10 Å². The summed E-state index contributed by atoms with van der Waals surface area (Å²) in [6, 6.07) is 7.85. The third-order valence-electron chi connectivity index (χ3n) is 2.64. The van der Waals surface area contributed by atoms with Gasteiger partial charge in [0.1, 0.15) is 5.75 Å². The number of ether oxygens (including phenoxy) is 2. The summed E-state index contributed by atoms with van der Waals surface area (Å²) in [5.74, 6) is 1.66. The molecule has 0 radical (unpaired) electrons. The Morgan fingerprint density at radius 2 is 2.05 bits per heavy atom. The zero-order chi connectivity index (χ0) is 13.5. The van der Waals surface area contributed by atoms with Gasteiger partial charge in [-0.05, 0) is 17.7 Å². The van der Waals surface area contributed by atoms with E-state index in [1.165, 1.54) is 11.8 Å². The van der Waals surface area contributed by atoms with Crippen molar-refractivity contribution in [1.29, 1.82) is 0 Å². The van der Waals surface area contributed by atoms with Crippen LogP contribution in [0.25, 0.3) is 0 Å². The Kier molecular flexibility index (Phi) is 5.23. The molecule has 0 fully saturated rings. The first-order chi connectivity index (χ1) is 9.28. The number of amidine groups is 1. The quantitative estimate of drug-likeness (QED) is 0.809. The van der Waals surface area contributed by atoms with E-state index in [9.17, 15) is 0 Å². The molecule has 0 amide bonds. The molecule has 0 saturated heterocycles. The molecule has 1 aliphatic heterocycles. The van der Waals surface area contributed by atoms with Gasteiger partial charge in [0.15, 0.2) is 5.17 Å². The second kappa shape index (κ2) is 7.16. The molecule has 19 heavy (non-hydrogen) atoms. The molecule has 5 nitrogen and oxygen atoms in total. The SMILES string of the molecule is COc1ccc(COCCC2=NN=C(N)SC2)cc1. The Morgan fingerprint density at radius 1 is 1.26 bits per heavy atom. The van der Waals surface area contributed by atoms with E-state index in [1.54, 1.807) is 7.11 Å². The zero-order valence-electron chi connectivity index (χ0n) is 10.8. The molecule has 6 heteroatoms.